The van der Waals surface area contributed by atoms with Gasteiger partial charge in [0.1, 0.15) is 18.5 Å². The summed E-state index contributed by atoms with van der Waals surface area (Å²) in [5.41, 5.74) is 0.196. The predicted octanol–water partition coefficient (Wildman–Crippen LogP) is 6.14. The fraction of sp³-hybridized carbons (Fsp3) is 0.308. The lowest BCUT2D eigenvalue weighted by molar-refractivity contribution is -0.144. The number of hydrogen-bond donors (Lipinski definition) is 1. The molecule has 5 nitrogen and oxygen atoms in total. The molecule has 0 radical (unpaired) electrons. The highest BCUT2D eigenvalue weighted by Crippen LogP contribution is 2.35. The largest absolute Gasteiger partial charge is 0.488 e. The molecule has 162 valence electrons. The Morgan fingerprint density at radius 3 is 2.55 bits per heavy atom. The first-order valence-electron chi connectivity index (χ1n) is 10.7. The molecule has 0 saturated carbocycles. The summed E-state index contributed by atoms with van der Waals surface area (Å²) in [5, 5.41) is 12.9. The minimum Gasteiger partial charge on any atom is -0.488 e. The zero-order valence-corrected chi connectivity index (χ0v) is 17.8. The molecular formula is C26H28O5. The van der Waals surface area contributed by atoms with Gasteiger partial charge in [0.05, 0.1) is 5.56 Å². The highest BCUT2D eigenvalue weighted by molar-refractivity contribution is 6.07. The van der Waals surface area contributed by atoms with Crippen LogP contribution in [0.3, 0.4) is 0 Å². The number of hydrogen-bond acceptors (Lipinski definition) is 4. The van der Waals surface area contributed by atoms with Gasteiger partial charge in [-0.1, -0.05) is 63.1 Å². The minimum absolute atomic E-state index is 0.187. The number of ether oxygens (including phenoxy) is 2. The molecule has 5 heteroatoms. The van der Waals surface area contributed by atoms with Gasteiger partial charge in [0.15, 0.2) is 0 Å². The van der Waals surface area contributed by atoms with Gasteiger partial charge in [-0.25, -0.2) is 9.59 Å². The number of unbranched alkanes of at least 4 members (excludes halogenated alkanes) is 3. The number of carboxylic acids is 1. The molecule has 0 bridgehead atoms. The predicted molar refractivity (Wildman–Crippen MR) is 123 cm³/mol. The summed E-state index contributed by atoms with van der Waals surface area (Å²) in [6.45, 7) is 5.81. The van der Waals surface area contributed by atoms with Crippen molar-refractivity contribution < 1.29 is 24.2 Å². The van der Waals surface area contributed by atoms with Gasteiger partial charge in [-0.2, -0.15) is 0 Å². The first-order chi connectivity index (χ1) is 15.0. The molecule has 31 heavy (non-hydrogen) atoms. The van der Waals surface area contributed by atoms with Crippen molar-refractivity contribution in [2.24, 2.45) is 0 Å². The summed E-state index contributed by atoms with van der Waals surface area (Å²) in [7, 11) is 0. The Labute approximate surface area is 182 Å². The van der Waals surface area contributed by atoms with E-state index in [-0.39, 0.29) is 12.2 Å². The maximum Gasteiger partial charge on any atom is 0.335 e. The van der Waals surface area contributed by atoms with Crippen molar-refractivity contribution in [2.45, 2.75) is 45.1 Å². The summed E-state index contributed by atoms with van der Waals surface area (Å²) in [5.74, 6) is -0.862. The number of fused-ring (bicyclic) bond motifs is 2. The van der Waals surface area contributed by atoms with E-state index in [4.69, 9.17) is 9.47 Å². The molecule has 0 aromatic heterocycles. The van der Waals surface area contributed by atoms with E-state index in [0.29, 0.717) is 12.2 Å². The van der Waals surface area contributed by atoms with E-state index >= 15 is 0 Å². The standard InChI is InChI=1S/C26H28O5/c1-3-5-6-7-11-21(31-24(27)4-2)17-30-25-22-12-9-8-10-18(22)15-19-13-14-20(26(28)29)16-23(19)25/h4,8-10,12-16,21H,2-3,5-7,11,17H2,1H3,(H,28,29). The average molecular weight is 421 g/mol. The van der Waals surface area contributed by atoms with Crippen LogP contribution in [0.15, 0.2) is 61.2 Å². The van der Waals surface area contributed by atoms with Crippen LogP contribution < -0.4 is 4.74 Å². The highest BCUT2D eigenvalue weighted by Gasteiger charge is 2.17. The lowest BCUT2D eigenvalue weighted by Crippen LogP contribution is -2.24. The quantitative estimate of drug-likeness (QED) is 0.175. The maximum absolute atomic E-state index is 11.8. The number of esters is 1. The third kappa shape index (κ3) is 5.63. The molecule has 0 aliphatic carbocycles. The number of benzene rings is 3. The Morgan fingerprint density at radius 2 is 1.81 bits per heavy atom. The maximum atomic E-state index is 11.8. The lowest BCUT2D eigenvalue weighted by Gasteiger charge is -2.20. The van der Waals surface area contributed by atoms with Gasteiger partial charge in [-0.3, -0.25) is 0 Å². The fourth-order valence-corrected chi connectivity index (χ4v) is 3.67. The molecule has 0 heterocycles. The molecule has 0 aliphatic rings. The van der Waals surface area contributed by atoms with E-state index in [0.717, 1.165) is 53.3 Å². The lowest BCUT2D eigenvalue weighted by atomic mass is 10.00. The van der Waals surface area contributed by atoms with Crippen molar-refractivity contribution in [1.82, 2.24) is 0 Å². The van der Waals surface area contributed by atoms with Crippen LogP contribution in [0.25, 0.3) is 21.5 Å². The molecule has 3 aromatic rings. The Balaban J connectivity index is 1.93. The van der Waals surface area contributed by atoms with Crippen molar-refractivity contribution in [3.05, 3.63) is 66.7 Å². The molecule has 0 amide bonds. The van der Waals surface area contributed by atoms with Gasteiger partial charge in [0, 0.05) is 16.8 Å². The van der Waals surface area contributed by atoms with E-state index in [9.17, 15) is 14.7 Å². The molecule has 0 spiro atoms. The van der Waals surface area contributed by atoms with Crippen LogP contribution in [0.2, 0.25) is 0 Å². The van der Waals surface area contributed by atoms with Crippen LogP contribution in [0.5, 0.6) is 5.75 Å². The second-order valence-electron chi connectivity index (χ2n) is 7.59. The van der Waals surface area contributed by atoms with Gasteiger partial charge < -0.3 is 14.6 Å². The third-order valence-electron chi connectivity index (χ3n) is 5.30. The fourth-order valence-electron chi connectivity index (χ4n) is 3.67. The number of carboxylic acid groups (broad SMARTS) is 1. The van der Waals surface area contributed by atoms with Gasteiger partial charge in [-0.05, 0) is 41.8 Å². The van der Waals surface area contributed by atoms with E-state index in [1.165, 1.54) is 0 Å². The zero-order valence-electron chi connectivity index (χ0n) is 17.8. The van der Waals surface area contributed by atoms with E-state index in [1.54, 1.807) is 18.2 Å². The number of rotatable bonds is 11. The van der Waals surface area contributed by atoms with Crippen LogP contribution >= 0.6 is 0 Å². The van der Waals surface area contributed by atoms with Gasteiger partial charge in [0.25, 0.3) is 0 Å². The Kier molecular flexibility index (Phi) is 7.65. The molecule has 0 fully saturated rings. The van der Waals surface area contributed by atoms with Crippen molar-refractivity contribution >= 4 is 33.5 Å². The molecule has 0 saturated heterocycles. The second kappa shape index (κ2) is 10.6. The molecule has 1 atom stereocenters. The van der Waals surface area contributed by atoms with Crippen molar-refractivity contribution in [2.75, 3.05) is 6.61 Å². The van der Waals surface area contributed by atoms with Gasteiger partial charge in [-0.15, -0.1) is 0 Å². The monoisotopic (exact) mass is 420 g/mol. The number of aromatic carboxylic acids is 1. The molecule has 1 unspecified atom stereocenters. The van der Waals surface area contributed by atoms with Crippen molar-refractivity contribution in [3.8, 4) is 5.75 Å². The SMILES string of the molecule is C=CC(=O)OC(CCCCCC)COc1c2ccccc2cc2ccc(C(=O)O)cc12. The van der Waals surface area contributed by atoms with E-state index in [2.05, 4.69) is 13.5 Å². The van der Waals surface area contributed by atoms with Crippen LogP contribution in [0, 0.1) is 0 Å². The molecule has 0 aliphatic heterocycles. The smallest absolute Gasteiger partial charge is 0.335 e. The average Bonchev–Trinajstić information content (AvgIpc) is 2.78. The molecule has 3 aromatic carbocycles. The minimum atomic E-state index is -0.991. The summed E-state index contributed by atoms with van der Waals surface area (Å²) >= 11 is 0. The summed E-state index contributed by atoms with van der Waals surface area (Å²) < 4.78 is 11.7. The Hall–Kier alpha value is -3.34. The Bertz CT molecular complexity index is 1090. The van der Waals surface area contributed by atoms with Crippen LogP contribution in [-0.4, -0.2) is 29.8 Å². The van der Waals surface area contributed by atoms with E-state index < -0.39 is 18.0 Å². The highest BCUT2D eigenvalue weighted by atomic mass is 16.6. The van der Waals surface area contributed by atoms with Crippen molar-refractivity contribution in [3.63, 3.8) is 0 Å². The van der Waals surface area contributed by atoms with E-state index in [1.807, 2.05) is 30.3 Å². The second-order valence-corrected chi connectivity index (χ2v) is 7.59. The summed E-state index contributed by atoms with van der Waals surface area (Å²) in [4.78, 5) is 23.3. The Morgan fingerprint density at radius 1 is 1.03 bits per heavy atom. The van der Waals surface area contributed by atoms with Gasteiger partial charge >= 0.3 is 11.9 Å². The van der Waals surface area contributed by atoms with Crippen LogP contribution in [0.4, 0.5) is 0 Å². The summed E-state index contributed by atoms with van der Waals surface area (Å²) in [6, 6.07) is 14.8. The first kappa shape index (κ1) is 22.3. The normalized spacial score (nSPS) is 11.9. The van der Waals surface area contributed by atoms with Crippen LogP contribution in [-0.2, 0) is 9.53 Å². The number of carbonyl (C=O) groups is 2. The van der Waals surface area contributed by atoms with Crippen LogP contribution in [0.1, 0.15) is 49.4 Å². The topological polar surface area (TPSA) is 72.8 Å². The summed E-state index contributed by atoms with van der Waals surface area (Å²) in [6.07, 6.45) is 5.72. The first-order valence-corrected chi connectivity index (χ1v) is 10.7. The van der Waals surface area contributed by atoms with Crippen molar-refractivity contribution in [1.29, 1.82) is 0 Å². The molecular weight excluding hydrogens is 392 g/mol. The third-order valence-corrected chi connectivity index (χ3v) is 5.30. The molecule has 3 rings (SSSR count). The zero-order chi connectivity index (χ0) is 22.2. The number of carbonyl (C=O) groups excluding carboxylic acids is 1. The molecule has 1 N–H and O–H groups in total. The van der Waals surface area contributed by atoms with Gasteiger partial charge in [0.2, 0.25) is 0 Å².